The number of rotatable bonds is 1. The largest absolute Gasteiger partial charge is 0.236 e. The first-order chi connectivity index (χ1) is 7.91. The smallest absolute Gasteiger partial charge is 0.0734 e. The molecule has 2 nitrogen and oxygen atoms in total. The summed E-state index contributed by atoms with van der Waals surface area (Å²) in [6, 6.07) is 4.43. The number of halogens is 1. The van der Waals surface area contributed by atoms with Crippen molar-refractivity contribution in [3.8, 4) is 5.69 Å². The summed E-state index contributed by atoms with van der Waals surface area (Å²) in [5.74, 6) is 0. The Morgan fingerprint density at radius 2 is 1.53 bits per heavy atom. The number of nitrogens with zero attached hydrogens (tertiary/aromatic N) is 2. The van der Waals surface area contributed by atoms with Crippen molar-refractivity contribution in [2.45, 2.75) is 34.6 Å². The van der Waals surface area contributed by atoms with Crippen LogP contribution in [0.3, 0.4) is 0 Å². The van der Waals surface area contributed by atoms with Gasteiger partial charge in [0.15, 0.2) is 0 Å². The van der Waals surface area contributed by atoms with Gasteiger partial charge in [-0.05, 0) is 68.3 Å². The van der Waals surface area contributed by atoms with Gasteiger partial charge in [0.25, 0.3) is 0 Å². The van der Waals surface area contributed by atoms with Crippen LogP contribution >= 0.6 is 22.6 Å². The SMILES string of the molecule is Cc1cc(C)c(-n2nc(C)c(I)c2C)c(C)c1. The Morgan fingerprint density at radius 3 is 1.94 bits per heavy atom. The monoisotopic (exact) mass is 340 g/mol. The lowest BCUT2D eigenvalue weighted by molar-refractivity contribution is 0.820. The molecule has 1 heterocycles. The third-order valence-electron chi connectivity index (χ3n) is 3.05. The van der Waals surface area contributed by atoms with E-state index in [9.17, 15) is 0 Å². The minimum Gasteiger partial charge on any atom is -0.236 e. The van der Waals surface area contributed by atoms with E-state index in [-0.39, 0.29) is 0 Å². The fraction of sp³-hybridized carbons (Fsp3) is 0.357. The zero-order valence-electron chi connectivity index (χ0n) is 10.9. The zero-order valence-corrected chi connectivity index (χ0v) is 13.1. The molecule has 0 saturated heterocycles. The number of aryl methyl sites for hydroxylation is 4. The lowest BCUT2D eigenvalue weighted by Gasteiger charge is -2.13. The molecule has 1 aromatic heterocycles. The van der Waals surface area contributed by atoms with E-state index >= 15 is 0 Å². The first-order valence-corrected chi connectivity index (χ1v) is 6.79. The molecule has 0 spiro atoms. The average molecular weight is 340 g/mol. The Labute approximate surface area is 116 Å². The molecule has 0 amide bonds. The first kappa shape index (κ1) is 12.6. The van der Waals surface area contributed by atoms with E-state index in [0.29, 0.717) is 0 Å². The van der Waals surface area contributed by atoms with Crippen molar-refractivity contribution in [2.75, 3.05) is 0 Å². The maximum atomic E-state index is 4.64. The normalized spacial score (nSPS) is 10.9. The van der Waals surface area contributed by atoms with Gasteiger partial charge in [0.05, 0.1) is 20.6 Å². The van der Waals surface area contributed by atoms with Gasteiger partial charge in [0.1, 0.15) is 0 Å². The molecule has 0 aliphatic heterocycles. The molecule has 90 valence electrons. The predicted octanol–water partition coefficient (Wildman–Crippen LogP) is 4.02. The van der Waals surface area contributed by atoms with Gasteiger partial charge in [-0.3, -0.25) is 0 Å². The quantitative estimate of drug-likeness (QED) is 0.717. The second-order valence-electron chi connectivity index (χ2n) is 4.64. The fourth-order valence-corrected chi connectivity index (χ4v) is 2.68. The molecule has 0 radical (unpaired) electrons. The predicted molar refractivity (Wildman–Crippen MR) is 80.0 cm³/mol. The van der Waals surface area contributed by atoms with Crippen LogP contribution in [0.2, 0.25) is 0 Å². The highest BCUT2D eigenvalue weighted by Gasteiger charge is 2.13. The van der Waals surface area contributed by atoms with E-state index in [1.807, 2.05) is 0 Å². The maximum absolute atomic E-state index is 4.64. The molecule has 0 saturated carbocycles. The van der Waals surface area contributed by atoms with Gasteiger partial charge in [-0.1, -0.05) is 17.7 Å². The highest BCUT2D eigenvalue weighted by Crippen LogP contribution is 2.25. The molecule has 2 rings (SSSR count). The summed E-state index contributed by atoms with van der Waals surface area (Å²) in [5, 5.41) is 4.64. The van der Waals surface area contributed by atoms with Crippen LogP contribution < -0.4 is 0 Å². The van der Waals surface area contributed by atoms with Gasteiger partial charge >= 0.3 is 0 Å². The summed E-state index contributed by atoms with van der Waals surface area (Å²) in [4.78, 5) is 0. The van der Waals surface area contributed by atoms with Crippen molar-refractivity contribution in [3.05, 3.63) is 43.8 Å². The van der Waals surface area contributed by atoms with E-state index in [1.165, 1.54) is 31.6 Å². The van der Waals surface area contributed by atoms with Crippen LogP contribution in [-0.2, 0) is 0 Å². The van der Waals surface area contributed by atoms with Crippen LogP contribution in [-0.4, -0.2) is 9.78 Å². The standard InChI is InChI=1S/C14H17IN2/c1-8-6-9(2)14(10(3)7-8)17-12(5)13(15)11(4)16-17/h6-7H,1-5H3. The van der Waals surface area contributed by atoms with E-state index in [0.717, 1.165) is 5.69 Å². The molecule has 0 atom stereocenters. The molecule has 0 aliphatic carbocycles. The fourth-order valence-electron chi connectivity index (χ4n) is 2.35. The number of aromatic nitrogens is 2. The molecule has 0 N–H and O–H groups in total. The highest BCUT2D eigenvalue weighted by atomic mass is 127. The Balaban J connectivity index is 2.73. The van der Waals surface area contributed by atoms with Gasteiger partial charge in [-0.2, -0.15) is 5.10 Å². The van der Waals surface area contributed by atoms with Crippen LogP contribution in [0, 0.1) is 38.2 Å². The van der Waals surface area contributed by atoms with Crippen LogP contribution in [0.15, 0.2) is 12.1 Å². The van der Waals surface area contributed by atoms with Crippen molar-refractivity contribution >= 4 is 22.6 Å². The Hall–Kier alpha value is -0.840. The van der Waals surface area contributed by atoms with Crippen molar-refractivity contribution in [3.63, 3.8) is 0 Å². The van der Waals surface area contributed by atoms with Gasteiger partial charge in [-0.15, -0.1) is 0 Å². The van der Waals surface area contributed by atoms with Gasteiger partial charge in [0, 0.05) is 0 Å². The number of benzene rings is 1. The van der Waals surface area contributed by atoms with E-state index in [2.05, 4.69) is 79.1 Å². The molecular formula is C14H17IN2. The number of hydrogen-bond acceptors (Lipinski definition) is 1. The highest BCUT2D eigenvalue weighted by molar-refractivity contribution is 14.1. The van der Waals surface area contributed by atoms with Crippen molar-refractivity contribution in [2.24, 2.45) is 0 Å². The van der Waals surface area contributed by atoms with Gasteiger partial charge in [-0.25, -0.2) is 4.68 Å². The van der Waals surface area contributed by atoms with Crippen molar-refractivity contribution in [1.82, 2.24) is 9.78 Å². The second-order valence-corrected chi connectivity index (χ2v) is 5.72. The summed E-state index contributed by atoms with van der Waals surface area (Å²) < 4.78 is 3.32. The lowest BCUT2D eigenvalue weighted by atomic mass is 10.1. The van der Waals surface area contributed by atoms with E-state index < -0.39 is 0 Å². The molecule has 0 fully saturated rings. The summed E-state index contributed by atoms with van der Waals surface area (Å²) in [5.41, 5.74) is 7.41. The first-order valence-electron chi connectivity index (χ1n) is 5.71. The van der Waals surface area contributed by atoms with E-state index in [4.69, 9.17) is 0 Å². The molecule has 0 aliphatic rings. The topological polar surface area (TPSA) is 17.8 Å². The Morgan fingerprint density at radius 1 is 1.00 bits per heavy atom. The zero-order chi connectivity index (χ0) is 12.7. The minimum atomic E-state index is 1.10. The van der Waals surface area contributed by atoms with Crippen LogP contribution in [0.1, 0.15) is 28.1 Å². The molecule has 0 bridgehead atoms. The molecule has 2 aromatic rings. The third-order valence-corrected chi connectivity index (χ3v) is 4.61. The molecule has 1 aromatic carbocycles. The molecule has 17 heavy (non-hydrogen) atoms. The van der Waals surface area contributed by atoms with Crippen LogP contribution in [0.25, 0.3) is 5.69 Å². The lowest BCUT2D eigenvalue weighted by Crippen LogP contribution is -2.04. The summed E-state index contributed by atoms with van der Waals surface area (Å²) in [7, 11) is 0. The molecular weight excluding hydrogens is 323 g/mol. The summed E-state index contributed by atoms with van der Waals surface area (Å²) >= 11 is 2.36. The van der Waals surface area contributed by atoms with Crippen LogP contribution in [0.4, 0.5) is 0 Å². The van der Waals surface area contributed by atoms with Gasteiger partial charge < -0.3 is 0 Å². The van der Waals surface area contributed by atoms with Crippen molar-refractivity contribution < 1.29 is 0 Å². The van der Waals surface area contributed by atoms with Gasteiger partial charge in [0.2, 0.25) is 0 Å². The van der Waals surface area contributed by atoms with Crippen LogP contribution in [0.5, 0.6) is 0 Å². The number of hydrogen-bond donors (Lipinski definition) is 0. The third kappa shape index (κ3) is 2.12. The minimum absolute atomic E-state index is 1.10. The molecule has 0 unspecified atom stereocenters. The Kier molecular flexibility index (Phi) is 3.30. The van der Waals surface area contributed by atoms with E-state index in [1.54, 1.807) is 0 Å². The summed E-state index contributed by atoms with van der Waals surface area (Å²) in [6.07, 6.45) is 0. The average Bonchev–Trinajstić information content (AvgIpc) is 2.45. The second kappa shape index (κ2) is 4.44. The molecule has 3 heteroatoms. The summed E-state index contributed by atoms with van der Waals surface area (Å²) in [6.45, 7) is 10.6. The maximum Gasteiger partial charge on any atom is 0.0734 e. The Bertz CT molecular complexity index is 559. The van der Waals surface area contributed by atoms with Crippen molar-refractivity contribution in [1.29, 1.82) is 0 Å².